The molecular formula is C29H26FN5O2. The van der Waals surface area contributed by atoms with Crippen LogP contribution >= 0.6 is 0 Å². The fourth-order valence-corrected chi connectivity index (χ4v) is 4.55. The molecule has 37 heavy (non-hydrogen) atoms. The monoisotopic (exact) mass is 495 g/mol. The first-order chi connectivity index (χ1) is 17.9. The van der Waals surface area contributed by atoms with Gasteiger partial charge in [0, 0.05) is 12.3 Å². The van der Waals surface area contributed by atoms with E-state index >= 15 is 0 Å². The van der Waals surface area contributed by atoms with Gasteiger partial charge < -0.3 is 9.88 Å². The van der Waals surface area contributed by atoms with Gasteiger partial charge in [-0.05, 0) is 67.6 Å². The number of carbonyl (C=O) groups excluding carboxylic acids is 1. The Morgan fingerprint density at radius 3 is 2.76 bits per heavy atom. The molecular weight excluding hydrogens is 469 g/mol. The Morgan fingerprint density at radius 2 is 2.00 bits per heavy atom. The van der Waals surface area contributed by atoms with Crippen molar-refractivity contribution in [3.05, 3.63) is 117 Å². The molecule has 5 rings (SSSR count). The largest absolute Gasteiger partial charge is 0.318 e. The Bertz CT molecular complexity index is 1560. The zero-order valence-electron chi connectivity index (χ0n) is 20.4. The Morgan fingerprint density at radius 1 is 1.16 bits per heavy atom. The predicted octanol–water partition coefficient (Wildman–Crippen LogP) is 6.06. The number of aryl methyl sites for hydroxylation is 1. The van der Waals surface area contributed by atoms with Crippen molar-refractivity contribution in [3.8, 4) is 5.69 Å². The van der Waals surface area contributed by atoms with Crippen molar-refractivity contribution < 1.29 is 9.18 Å². The standard InChI is InChI=1S/C29H26FN5O2/c1-19-16-27(35(33-19)23-7-5-6-22(18-23)31-2)29(37)32-25-17-21(12-13-24(25)30)26(14-11-20-9-10-20)34-15-4-3-8-28(34)36/h3-8,12-13,15-18,20,26H,9-11,14H2,1H3,(H,32,37). The highest BCUT2D eigenvalue weighted by Crippen LogP contribution is 2.37. The topological polar surface area (TPSA) is 73.3 Å². The Labute approximate surface area is 214 Å². The molecule has 2 aromatic heterocycles. The second-order valence-electron chi connectivity index (χ2n) is 9.39. The number of benzene rings is 2. The Hall–Kier alpha value is -4.51. The van der Waals surface area contributed by atoms with Gasteiger partial charge in [-0.1, -0.05) is 37.1 Å². The summed E-state index contributed by atoms with van der Waals surface area (Å²) < 4.78 is 18.0. The maximum atomic E-state index is 14.9. The van der Waals surface area contributed by atoms with Crippen LogP contribution in [0, 0.1) is 25.2 Å². The molecule has 2 aromatic carbocycles. The number of nitrogens with zero attached hydrogens (tertiary/aromatic N) is 4. The molecule has 8 heteroatoms. The van der Waals surface area contributed by atoms with E-state index < -0.39 is 11.7 Å². The first-order valence-electron chi connectivity index (χ1n) is 12.3. The van der Waals surface area contributed by atoms with Gasteiger partial charge in [-0.2, -0.15) is 5.10 Å². The number of anilines is 1. The lowest BCUT2D eigenvalue weighted by molar-refractivity contribution is 0.101. The van der Waals surface area contributed by atoms with Crippen molar-refractivity contribution in [2.24, 2.45) is 5.92 Å². The molecule has 1 amide bonds. The van der Waals surface area contributed by atoms with Gasteiger partial charge in [-0.3, -0.25) is 9.59 Å². The lowest BCUT2D eigenvalue weighted by Gasteiger charge is -2.21. The van der Waals surface area contributed by atoms with Gasteiger partial charge in [0.1, 0.15) is 11.5 Å². The molecule has 2 heterocycles. The van der Waals surface area contributed by atoms with Crippen LogP contribution in [0.15, 0.2) is 77.7 Å². The smallest absolute Gasteiger partial charge is 0.274 e. The number of hydrogen-bond donors (Lipinski definition) is 1. The lowest BCUT2D eigenvalue weighted by Crippen LogP contribution is -2.24. The van der Waals surface area contributed by atoms with E-state index in [1.807, 2.05) is 6.07 Å². The highest BCUT2D eigenvalue weighted by atomic mass is 19.1. The van der Waals surface area contributed by atoms with E-state index in [1.54, 1.807) is 66.2 Å². The van der Waals surface area contributed by atoms with Crippen LogP contribution in [-0.4, -0.2) is 20.3 Å². The molecule has 0 radical (unpaired) electrons. The molecule has 1 fully saturated rings. The van der Waals surface area contributed by atoms with Crippen molar-refractivity contribution >= 4 is 17.3 Å². The molecule has 1 atom stereocenters. The van der Waals surface area contributed by atoms with Crippen molar-refractivity contribution in [1.82, 2.24) is 14.3 Å². The van der Waals surface area contributed by atoms with Crippen molar-refractivity contribution in [2.45, 2.75) is 38.6 Å². The fourth-order valence-electron chi connectivity index (χ4n) is 4.55. The third-order valence-electron chi connectivity index (χ3n) is 6.62. The van der Waals surface area contributed by atoms with E-state index in [0.29, 0.717) is 23.0 Å². The van der Waals surface area contributed by atoms with Gasteiger partial charge in [0.25, 0.3) is 11.5 Å². The molecule has 7 nitrogen and oxygen atoms in total. The number of hydrogen-bond acceptors (Lipinski definition) is 3. The number of halogens is 1. The summed E-state index contributed by atoms with van der Waals surface area (Å²) in [6.45, 7) is 9.02. The minimum atomic E-state index is -0.573. The third-order valence-corrected chi connectivity index (χ3v) is 6.62. The van der Waals surface area contributed by atoms with E-state index in [4.69, 9.17) is 6.57 Å². The summed E-state index contributed by atoms with van der Waals surface area (Å²) >= 11 is 0. The van der Waals surface area contributed by atoms with Crippen molar-refractivity contribution in [1.29, 1.82) is 0 Å². The van der Waals surface area contributed by atoms with Gasteiger partial charge in [-0.15, -0.1) is 0 Å². The molecule has 1 N–H and O–H groups in total. The summed E-state index contributed by atoms with van der Waals surface area (Å²) in [5.74, 6) is -0.432. The molecule has 1 saturated carbocycles. The van der Waals surface area contributed by atoms with E-state index in [9.17, 15) is 14.0 Å². The maximum Gasteiger partial charge on any atom is 0.274 e. The number of carbonyl (C=O) groups is 1. The van der Waals surface area contributed by atoms with Crippen molar-refractivity contribution in [2.75, 3.05) is 5.32 Å². The van der Waals surface area contributed by atoms with Crippen LogP contribution in [0.4, 0.5) is 15.8 Å². The number of amides is 1. The number of rotatable bonds is 8. The Kier molecular flexibility index (Phi) is 6.69. The van der Waals surface area contributed by atoms with Crippen LogP contribution in [-0.2, 0) is 0 Å². The molecule has 0 spiro atoms. The summed E-state index contributed by atoms with van der Waals surface area (Å²) in [6, 6.07) is 17.8. The van der Waals surface area contributed by atoms with Gasteiger partial charge in [0.05, 0.1) is 29.7 Å². The van der Waals surface area contributed by atoms with Gasteiger partial charge >= 0.3 is 0 Å². The van der Waals surface area contributed by atoms with Crippen LogP contribution in [0.5, 0.6) is 0 Å². The summed E-state index contributed by atoms with van der Waals surface area (Å²) in [5.41, 5.74) is 2.46. The fraction of sp³-hybridized carbons (Fsp3) is 0.241. The predicted molar refractivity (Wildman–Crippen MR) is 140 cm³/mol. The molecule has 186 valence electrons. The lowest BCUT2D eigenvalue weighted by atomic mass is 9.99. The minimum absolute atomic E-state index is 0.0308. The molecule has 4 aromatic rings. The van der Waals surface area contributed by atoms with Gasteiger partial charge in [0.2, 0.25) is 0 Å². The minimum Gasteiger partial charge on any atom is -0.318 e. The summed E-state index contributed by atoms with van der Waals surface area (Å²) in [5, 5.41) is 7.10. The molecule has 1 aliphatic rings. The zero-order chi connectivity index (χ0) is 25.9. The highest BCUT2D eigenvalue weighted by Gasteiger charge is 2.25. The van der Waals surface area contributed by atoms with E-state index in [2.05, 4.69) is 15.3 Å². The summed E-state index contributed by atoms with van der Waals surface area (Å²) in [4.78, 5) is 29.4. The number of nitrogens with one attached hydrogen (secondary N) is 1. The average Bonchev–Trinajstić information content (AvgIpc) is 3.65. The second-order valence-corrected chi connectivity index (χ2v) is 9.39. The molecule has 1 unspecified atom stereocenters. The highest BCUT2D eigenvalue weighted by molar-refractivity contribution is 6.03. The van der Waals surface area contributed by atoms with Crippen LogP contribution in [0.2, 0.25) is 0 Å². The molecule has 0 aliphatic heterocycles. The number of pyridine rings is 1. The first-order valence-corrected chi connectivity index (χ1v) is 12.3. The quantitative estimate of drug-likeness (QED) is 0.302. The molecule has 0 bridgehead atoms. The van der Waals surface area contributed by atoms with E-state index in [1.165, 1.54) is 29.7 Å². The third kappa shape index (κ3) is 5.36. The second kappa shape index (κ2) is 10.2. The molecule has 0 saturated heterocycles. The van der Waals surface area contributed by atoms with Crippen LogP contribution in [0.25, 0.3) is 10.5 Å². The summed E-state index contributed by atoms with van der Waals surface area (Å²) in [6.07, 6.45) is 5.88. The van der Waals surface area contributed by atoms with E-state index in [-0.39, 0.29) is 23.0 Å². The van der Waals surface area contributed by atoms with Crippen LogP contribution in [0.3, 0.4) is 0 Å². The average molecular weight is 496 g/mol. The normalized spacial score (nSPS) is 13.6. The van der Waals surface area contributed by atoms with E-state index in [0.717, 1.165) is 18.4 Å². The molecule has 1 aliphatic carbocycles. The Balaban J connectivity index is 1.46. The SMILES string of the molecule is [C-]#[N+]c1cccc(-n2nc(C)cc2C(=O)Nc2cc(C(CCC3CC3)n3ccccc3=O)ccc2F)c1. The van der Waals surface area contributed by atoms with Gasteiger partial charge in [-0.25, -0.2) is 13.9 Å². The maximum absolute atomic E-state index is 14.9. The zero-order valence-corrected chi connectivity index (χ0v) is 20.4. The van der Waals surface area contributed by atoms with Gasteiger partial charge in [0.15, 0.2) is 5.69 Å². The number of aromatic nitrogens is 3. The van der Waals surface area contributed by atoms with Crippen molar-refractivity contribution in [3.63, 3.8) is 0 Å². The van der Waals surface area contributed by atoms with Crippen LogP contribution in [0.1, 0.15) is 53.5 Å². The summed E-state index contributed by atoms with van der Waals surface area (Å²) in [7, 11) is 0. The first kappa shape index (κ1) is 24.2. The van der Waals surface area contributed by atoms with Crippen LogP contribution < -0.4 is 10.9 Å².